The monoisotopic (exact) mass is 405 g/mol. The van der Waals surface area contributed by atoms with Gasteiger partial charge in [-0.15, -0.1) is 0 Å². The van der Waals surface area contributed by atoms with Gasteiger partial charge in [-0.05, 0) is 80.4 Å². The van der Waals surface area contributed by atoms with Crippen molar-refractivity contribution in [3.05, 3.63) is 77.9 Å². The van der Waals surface area contributed by atoms with E-state index in [-0.39, 0.29) is 5.91 Å². The number of aryl methyl sites for hydroxylation is 1. The van der Waals surface area contributed by atoms with E-state index in [2.05, 4.69) is 5.32 Å². The molecule has 0 radical (unpaired) electrons. The Bertz CT molecular complexity index is 983. The molecule has 1 N–H and O–H groups in total. The van der Waals surface area contributed by atoms with Gasteiger partial charge in [-0.2, -0.15) is 0 Å². The quantitative estimate of drug-likeness (QED) is 0.459. The van der Waals surface area contributed by atoms with Crippen LogP contribution >= 0.6 is 0 Å². The zero-order valence-corrected chi connectivity index (χ0v) is 17.6. The topological polar surface area (TPSA) is 56.8 Å². The van der Waals surface area contributed by atoms with Crippen molar-refractivity contribution in [1.29, 1.82) is 0 Å². The van der Waals surface area contributed by atoms with Gasteiger partial charge in [-0.25, -0.2) is 0 Å². The Balaban J connectivity index is 1.67. The minimum atomic E-state index is -0.217. The Hall–Kier alpha value is -3.47. The van der Waals surface area contributed by atoms with E-state index in [0.29, 0.717) is 41.7 Å². The molecule has 1 amide bonds. The van der Waals surface area contributed by atoms with Gasteiger partial charge in [-0.1, -0.05) is 19.1 Å². The Morgan fingerprint density at radius 3 is 2.37 bits per heavy atom. The SMILES string of the molecule is CCCOc1ccc(C(=O)Nc2ccc(Oc3cccc(C)c3)cc2)cc1OCC. The first-order chi connectivity index (χ1) is 14.6. The Kier molecular flexibility index (Phi) is 7.33. The fourth-order valence-corrected chi connectivity index (χ4v) is 2.87. The number of amides is 1. The van der Waals surface area contributed by atoms with Crippen molar-refractivity contribution >= 4 is 11.6 Å². The smallest absolute Gasteiger partial charge is 0.255 e. The van der Waals surface area contributed by atoms with Crippen molar-refractivity contribution in [2.75, 3.05) is 18.5 Å². The maximum atomic E-state index is 12.7. The van der Waals surface area contributed by atoms with Crippen LogP contribution in [0.5, 0.6) is 23.0 Å². The van der Waals surface area contributed by atoms with Crippen molar-refractivity contribution in [3.8, 4) is 23.0 Å². The van der Waals surface area contributed by atoms with Crippen LogP contribution in [0.3, 0.4) is 0 Å². The maximum Gasteiger partial charge on any atom is 0.255 e. The summed E-state index contributed by atoms with van der Waals surface area (Å²) in [5.41, 5.74) is 2.32. The van der Waals surface area contributed by atoms with E-state index in [1.165, 1.54) is 0 Å². The van der Waals surface area contributed by atoms with E-state index in [9.17, 15) is 4.79 Å². The second-order valence-electron chi connectivity index (χ2n) is 6.84. The lowest BCUT2D eigenvalue weighted by Gasteiger charge is -2.13. The van der Waals surface area contributed by atoms with Gasteiger partial charge in [0.1, 0.15) is 11.5 Å². The van der Waals surface area contributed by atoms with Crippen LogP contribution in [0.2, 0.25) is 0 Å². The predicted octanol–water partition coefficient (Wildman–Crippen LogP) is 6.23. The highest BCUT2D eigenvalue weighted by atomic mass is 16.5. The summed E-state index contributed by atoms with van der Waals surface area (Å²) in [6, 6.07) is 20.3. The summed E-state index contributed by atoms with van der Waals surface area (Å²) < 4.78 is 17.2. The minimum absolute atomic E-state index is 0.217. The van der Waals surface area contributed by atoms with E-state index in [4.69, 9.17) is 14.2 Å². The first-order valence-corrected chi connectivity index (χ1v) is 10.1. The number of hydrogen-bond acceptors (Lipinski definition) is 4. The molecule has 0 spiro atoms. The predicted molar refractivity (Wildman–Crippen MR) is 119 cm³/mol. The summed E-state index contributed by atoms with van der Waals surface area (Å²) in [6.07, 6.45) is 0.900. The molecule has 3 rings (SSSR count). The molecule has 0 atom stereocenters. The van der Waals surface area contributed by atoms with Crippen LogP contribution in [0.1, 0.15) is 36.2 Å². The molecule has 3 aromatic rings. The van der Waals surface area contributed by atoms with Gasteiger partial charge < -0.3 is 19.5 Å². The van der Waals surface area contributed by atoms with Gasteiger partial charge in [0, 0.05) is 11.3 Å². The van der Waals surface area contributed by atoms with Crippen molar-refractivity contribution in [3.63, 3.8) is 0 Å². The van der Waals surface area contributed by atoms with Gasteiger partial charge in [0.05, 0.1) is 13.2 Å². The highest BCUT2D eigenvalue weighted by molar-refractivity contribution is 6.04. The second-order valence-corrected chi connectivity index (χ2v) is 6.84. The second kappa shape index (κ2) is 10.3. The Labute approximate surface area is 177 Å². The van der Waals surface area contributed by atoms with E-state index in [1.807, 2.05) is 69.3 Å². The molecule has 0 unspecified atom stereocenters. The third-order valence-electron chi connectivity index (χ3n) is 4.30. The third kappa shape index (κ3) is 5.77. The number of carbonyl (C=O) groups is 1. The average Bonchev–Trinajstić information content (AvgIpc) is 2.74. The Morgan fingerprint density at radius 2 is 1.67 bits per heavy atom. The standard InChI is InChI=1S/C25H27NO4/c1-4-15-29-23-14-9-19(17-24(23)28-5-2)25(27)26-20-10-12-21(13-11-20)30-22-8-6-7-18(3)16-22/h6-14,16-17H,4-5,15H2,1-3H3,(H,26,27). The molecule has 156 valence electrons. The third-order valence-corrected chi connectivity index (χ3v) is 4.30. The largest absolute Gasteiger partial charge is 0.490 e. The van der Waals surface area contributed by atoms with Crippen LogP contribution in [-0.2, 0) is 0 Å². The minimum Gasteiger partial charge on any atom is -0.490 e. The zero-order valence-electron chi connectivity index (χ0n) is 17.6. The molecular weight excluding hydrogens is 378 g/mol. The van der Waals surface area contributed by atoms with Crippen molar-refractivity contribution in [2.45, 2.75) is 27.2 Å². The summed E-state index contributed by atoms with van der Waals surface area (Å²) in [5.74, 6) is 2.48. The maximum absolute atomic E-state index is 12.7. The molecule has 0 aliphatic heterocycles. The summed E-state index contributed by atoms with van der Waals surface area (Å²) in [6.45, 7) is 7.06. The fraction of sp³-hybridized carbons (Fsp3) is 0.240. The van der Waals surface area contributed by atoms with Gasteiger partial charge in [0.15, 0.2) is 11.5 Å². The molecule has 0 saturated heterocycles. The molecule has 0 heterocycles. The molecular formula is C25H27NO4. The van der Waals surface area contributed by atoms with Gasteiger partial charge >= 0.3 is 0 Å². The van der Waals surface area contributed by atoms with Crippen LogP contribution in [0, 0.1) is 6.92 Å². The van der Waals surface area contributed by atoms with Crippen molar-refractivity contribution < 1.29 is 19.0 Å². The summed E-state index contributed by atoms with van der Waals surface area (Å²) in [4.78, 5) is 12.7. The van der Waals surface area contributed by atoms with Gasteiger partial charge in [0.2, 0.25) is 0 Å². The van der Waals surface area contributed by atoms with Crippen LogP contribution in [0.4, 0.5) is 5.69 Å². The number of rotatable bonds is 9. The first-order valence-electron chi connectivity index (χ1n) is 10.1. The van der Waals surface area contributed by atoms with Gasteiger partial charge in [0.25, 0.3) is 5.91 Å². The number of hydrogen-bond donors (Lipinski definition) is 1. The Morgan fingerprint density at radius 1 is 0.867 bits per heavy atom. The molecule has 0 aliphatic rings. The molecule has 5 nitrogen and oxygen atoms in total. The number of benzene rings is 3. The van der Waals surface area contributed by atoms with E-state index in [0.717, 1.165) is 17.7 Å². The lowest BCUT2D eigenvalue weighted by molar-refractivity contribution is 0.102. The van der Waals surface area contributed by atoms with Crippen LogP contribution in [-0.4, -0.2) is 19.1 Å². The highest BCUT2D eigenvalue weighted by Gasteiger charge is 2.12. The molecule has 5 heteroatoms. The van der Waals surface area contributed by atoms with Crippen LogP contribution in [0.15, 0.2) is 66.7 Å². The van der Waals surface area contributed by atoms with Crippen molar-refractivity contribution in [2.24, 2.45) is 0 Å². The lowest BCUT2D eigenvalue weighted by Crippen LogP contribution is -2.12. The first kappa shape index (κ1) is 21.2. The number of ether oxygens (including phenoxy) is 3. The van der Waals surface area contributed by atoms with E-state index in [1.54, 1.807) is 18.2 Å². The molecule has 0 aromatic heterocycles. The highest BCUT2D eigenvalue weighted by Crippen LogP contribution is 2.29. The molecule has 0 saturated carbocycles. The normalized spacial score (nSPS) is 10.4. The average molecular weight is 405 g/mol. The summed E-state index contributed by atoms with van der Waals surface area (Å²) in [5, 5.41) is 2.90. The summed E-state index contributed by atoms with van der Waals surface area (Å²) in [7, 11) is 0. The molecule has 3 aromatic carbocycles. The fourth-order valence-electron chi connectivity index (χ4n) is 2.87. The molecule has 0 fully saturated rings. The van der Waals surface area contributed by atoms with E-state index >= 15 is 0 Å². The van der Waals surface area contributed by atoms with Crippen LogP contribution < -0.4 is 19.5 Å². The number of anilines is 1. The molecule has 0 bridgehead atoms. The molecule has 30 heavy (non-hydrogen) atoms. The van der Waals surface area contributed by atoms with Crippen molar-refractivity contribution in [1.82, 2.24) is 0 Å². The zero-order chi connectivity index (χ0) is 21.3. The van der Waals surface area contributed by atoms with Gasteiger partial charge in [-0.3, -0.25) is 4.79 Å². The number of nitrogens with one attached hydrogen (secondary N) is 1. The van der Waals surface area contributed by atoms with E-state index < -0.39 is 0 Å². The molecule has 0 aliphatic carbocycles. The van der Waals surface area contributed by atoms with Crippen LogP contribution in [0.25, 0.3) is 0 Å². The lowest BCUT2D eigenvalue weighted by atomic mass is 10.1. The summed E-state index contributed by atoms with van der Waals surface area (Å²) >= 11 is 0. The number of carbonyl (C=O) groups excluding carboxylic acids is 1.